The number of aryl methyl sites for hydroxylation is 1. The van der Waals surface area contributed by atoms with E-state index in [0.717, 1.165) is 5.56 Å². The molecule has 30 heavy (non-hydrogen) atoms. The Balaban J connectivity index is 1.82. The van der Waals surface area contributed by atoms with Gasteiger partial charge in [0.25, 0.3) is 15.9 Å². The fourth-order valence-corrected chi connectivity index (χ4v) is 3.83. The molecular weight excluding hydrogens is 404 g/mol. The molecule has 8 heteroatoms. The Morgan fingerprint density at radius 1 is 0.833 bits per heavy atom. The molecule has 0 atom stereocenters. The van der Waals surface area contributed by atoms with Crippen LogP contribution in [0.25, 0.3) is 0 Å². The highest BCUT2D eigenvalue weighted by atomic mass is 32.2. The lowest BCUT2D eigenvalue weighted by Gasteiger charge is -2.11. The van der Waals surface area contributed by atoms with Crippen LogP contribution in [0.4, 0.5) is 11.4 Å². The summed E-state index contributed by atoms with van der Waals surface area (Å²) in [7, 11) is -0.827. The molecule has 1 amide bonds. The first-order chi connectivity index (χ1) is 14.3. The van der Waals surface area contributed by atoms with E-state index in [1.54, 1.807) is 30.3 Å². The minimum Gasteiger partial charge on any atom is -0.497 e. The summed E-state index contributed by atoms with van der Waals surface area (Å²) in [5, 5.41) is 2.73. The number of rotatable bonds is 7. The van der Waals surface area contributed by atoms with Crippen molar-refractivity contribution in [3.05, 3.63) is 77.9 Å². The van der Waals surface area contributed by atoms with E-state index in [0.29, 0.717) is 22.9 Å². The highest BCUT2D eigenvalue weighted by molar-refractivity contribution is 7.92. The average Bonchev–Trinajstić information content (AvgIpc) is 2.75. The molecule has 0 spiro atoms. The van der Waals surface area contributed by atoms with Gasteiger partial charge >= 0.3 is 0 Å². The molecule has 7 nitrogen and oxygen atoms in total. The number of anilines is 2. The van der Waals surface area contributed by atoms with Crippen LogP contribution in [0.2, 0.25) is 0 Å². The summed E-state index contributed by atoms with van der Waals surface area (Å²) in [5.41, 5.74) is 2.12. The number of carbonyl (C=O) groups excluding carboxylic acids is 1. The van der Waals surface area contributed by atoms with Crippen LogP contribution < -0.4 is 19.5 Å². The number of carbonyl (C=O) groups is 1. The van der Waals surface area contributed by atoms with Crippen molar-refractivity contribution in [2.75, 3.05) is 24.3 Å². The fraction of sp³-hybridized carbons (Fsp3) is 0.136. The molecule has 0 saturated heterocycles. The van der Waals surface area contributed by atoms with Crippen LogP contribution in [0.1, 0.15) is 15.9 Å². The minimum atomic E-state index is -3.85. The van der Waals surface area contributed by atoms with Gasteiger partial charge in [0, 0.05) is 35.1 Å². The van der Waals surface area contributed by atoms with Crippen molar-refractivity contribution in [1.82, 2.24) is 0 Å². The van der Waals surface area contributed by atoms with E-state index < -0.39 is 15.9 Å². The third-order valence-corrected chi connectivity index (χ3v) is 5.70. The van der Waals surface area contributed by atoms with Crippen molar-refractivity contribution in [2.24, 2.45) is 0 Å². The Labute approximate surface area is 175 Å². The smallest absolute Gasteiger partial charge is 0.261 e. The maximum absolute atomic E-state index is 12.7. The van der Waals surface area contributed by atoms with Crippen molar-refractivity contribution in [3.63, 3.8) is 0 Å². The lowest BCUT2D eigenvalue weighted by atomic mass is 10.2. The number of benzene rings is 3. The van der Waals surface area contributed by atoms with Gasteiger partial charge in [-0.25, -0.2) is 8.42 Å². The van der Waals surface area contributed by atoms with Gasteiger partial charge in [0.15, 0.2) is 0 Å². The van der Waals surface area contributed by atoms with Crippen molar-refractivity contribution >= 4 is 27.3 Å². The van der Waals surface area contributed by atoms with Crippen LogP contribution in [0.5, 0.6) is 11.5 Å². The van der Waals surface area contributed by atoms with E-state index in [1.165, 1.54) is 38.5 Å². The van der Waals surface area contributed by atoms with Crippen molar-refractivity contribution < 1.29 is 22.7 Å². The molecule has 0 fully saturated rings. The molecule has 3 aromatic rings. The molecule has 0 heterocycles. The number of methoxy groups -OCH3 is 2. The van der Waals surface area contributed by atoms with Gasteiger partial charge in [-0.05, 0) is 37.3 Å². The molecule has 0 bridgehead atoms. The Hall–Kier alpha value is -3.52. The Kier molecular flexibility index (Phi) is 6.27. The first-order valence-electron chi connectivity index (χ1n) is 9.05. The van der Waals surface area contributed by atoms with E-state index in [9.17, 15) is 13.2 Å². The second-order valence-corrected chi connectivity index (χ2v) is 8.24. The van der Waals surface area contributed by atoms with Gasteiger partial charge in [-0.1, -0.05) is 23.8 Å². The topological polar surface area (TPSA) is 93.7 Å². The summed E-state index contributed by atoms with van der Waals surface area (Å²) in [6.45, 7) is 1.91. The summed E-state index contributed by atoms with van der Waals surface area (Å²) in [5.74, 6) is 0.573. The van der Waals surface area contributed by atoms with Gasteiger partial charge in [0.1, 0.15) is 11.5 Å². The highest BCUT2D eigenvalue weighted by Crippen LogP contribution is 2.26. The molecule has 0 aliphatic rings. The number of nitrogens with one attached hydrogen (secondary N) is 2. The van der Waals surface area contributed by atoms with Gasteiger partial charge in [-0.2, -0.15) is 0 Å². The monoisotopic (exact) mass is 426 g/mol. The zero-order chi connectivity index (χ0) is 21.7. The van der Waals surface area contributed by atoms with E-state index >= 15 is 0 Å². The highest BCUT2D eigenvalue weighted by Gasteiger charge is 2.17. The predicted octanol–water partition coefficient (Wildman–Crippen LogP) is 4.07. The minimum absolute atomic E-state index is 0.0149. The van der Waals surface area contributed by atoms with Gasteiger partial charge < -0.3 is 14.8 Å². The van der Waals surface area contributed by atoms with Crippen molar-refractivity contribution in [2.45, 2.75) is 11.8 Å². The van der Waals surface area contributed by atoms with E-state index in [4.69, 9.17) is 9.47 Å². The maximum atomic E-state index is 12.7. The summed E-state index contributed by atoms with van der Waals surface area (Å²) < 4.78 is 38.3. The normalized spacial score (nSPS) is 10.9. The first-order valence-corrected chi connectivity index (χ1v) is 10.5. The van der Waals surface area contributed by atoms with Crippen molar-refractivity contribution in [1.29, 1.82) is 0 Å². The van der Waals surface area contributed by atoms with Gasteiger partial charge in [0.05, 0.1) is 19.1 Å². The van der Waals surface area contributed by atoms with Gasteiger partial charge in [-0.15, -0.1) is 0 Å². The zero-order valence-corrected chi connectivity index (χ0v) is 17.6. The van der Waals surface area contributed by atoms with Crippen LogP contribution in [-0.2, 0) is 10.0 Å². The quantitative estimate of drug-likeness (QED) is 0.594. The van der Waals surface area contributed by atoms with Gasteiger partial charge in [-0.3, -0.25) is 9.52 Å². The number of ether oxygens (including phenoxy) is 2. The number of sulfonamides is 1. The molecule has 0 saturated carbocycles. The molecule has 0 radical (unpaired) electrons. The number of hydrogen-bond donors (Lipinski definition) is 2. The summed E-state index contributed by atoms with van der Waals surface area (Å²) in [6, 6.07) is 17.8. The molecular formula is C22H22N2O5S. The van der Waals surface area contributed by atoms with E-state index in [2.05, 4.69) is 10.0 Å². The van der Waals surface area contributed by atoms with Gasteiger partial charge in [0.2, 0.25) is 0 Å². The lowest BCUT2D eigenvalue weighted by molar-refractivity contribution is 0.102. The third kappa shape index (κ3) is 5.09. The second-order valence-electron chi connectivity index (χ2n) is 6.55. The molecule has 3 aromatic carbocycles. The SMILES string of the molecule is COc1cc(NC(=O)c2cccc(S(=O)(=O)Nc3ccc(C)cc3)c2)cc(OC)c1. The lowest BCUT2D eigenvalue weighted by Crippen LogP contribution is -2.16. The Morgan fingerprint density at radius 3 is 2.07 bits per heavy atom. The van der Waals surface area contributed by atoms with Crippen LogP contribution >= 0.6 is 0 Å². The molecule has 0 aromatic heterocycles. The van der Waals surface area contributed by atoms with Crippen LogP contribution in [0.15, 0.2) is 71.6 Å². The van der Waals surface area contributed by atoms with Crippen LogP contribution in [-0.4, -0.2) is 28.5 Å². The van der Waals surface area contributed by atoms with E-state index in [-0.39, 0.29) is 10.5 Å². The molecule has 2 N–H and O–H groups in total. The largest absolute Gasteiger partial charge is 0.497 e. The third-order valence-electron chi connectivity index (χ3n) is 4.32. The number of hydrogen-bond acceptors (Lipinski definition) is 5. The predicted molar refractivity (Wildman–Crippen MR) is 116 cm³/mol. The average molecular weight is 426 g/mol. The molecule has 0 aliphatic carbocycles. The number of amides is 1. The Morgan fingerprint density at radius 2 is 1.47 bits per heavy atom. The second kappa shape index (κ2) is 8.87. The molecule has 0 unspecified atom stereocenters. The van der Waals surface area contributed by atoms with Crippen molar-refractivity contribution in [3.8, 4) is 11.5 Å². The molecule has 156 valence electrons. The maximum Gasteiger partial charge on any atom is 0.261 e. The van der Waals surface area contributed by atoms with Crippen LogP contribution in [0, 0.1) is 6.92 Å². The summed E-state index contributed by atoms with van der Waals surface area (Å²) >= 11 is 0. The summed E-state index contributed by atoms with van der Waals surface area (Å²) in [6.07, 6.45) is 0. The summed E-state index contributed by atoms with van der Waals surface area (Å²) in [4.78, 5) is 12.7. The molecule has 3 rings (SSSR count). The molecule has 0 aliphatic heterocycles. The fourth-order valence-electron chi connectivity index (χ4n) is 2.72. The Bertz CT molecular complexity index is 1140. The zero-order valence-electron chi connectivity index (χ0n) is 16.8. The van der Waals surface area contributed by atoms with Crippen LogP contribution in [0.3, 0.4) is 0 Å². The standard InChI is InChI=1S/C22H22N2O5S/c1-15-7-9-17(10-8-15)24-30(26,27)21-6-4-5-16(11-21)22(25)23-18-12-19(28-2)14-20(13-18)29-3/h4-14,24H,1-3H3,(H,23,25). The van der Waals surface area contributed by atoms with E-state index in [1.807, 2.05) is 19.1 Å². The first kappa shape index (κ1) is 21.2.